The molecule has 0 radical (unpaired) electrons. The first kappa shape index (κ1) is 24.8. The van der Waals surface area contributed by atoms with Gasteiger partial charge in [0, 0.05) is 12.2 Å². The van der Waals surface area contributed by atoms with Gasteiger partial charge in [-0.1, -0.05) is 53.2 Å². The number of nitrogens with one attached hydrogen (secondary N) is 2. The zero-order valence-electron chi connectivity index (χ0n) is 17.5. The van der Waals surface area contributed by atoms with E-state index in [0.717, 1.165) is 0 Å². The van der Waals surface area contributed by atoms with Crippen molar-refractivity contribution in [3.05, 3.63) is 82.4 Å². The number of hydrogen-bond acceptors (Lipinski definition) is 5. The molecule has 0 fully saturated rings. The van der Waals surface area contributed by atoms with Gasteiger partial charge in [0.2, 0.25) is 5.91 Å². The molecule has 1 aromatic heterocycles. The normalized spacial score (nSPS) is 11.6. The number of amides is 2. The summed E-state index contributed by atoms with van der Waals surface area (Å²) in [5, 5.41) is 15.0. The van der Waals surface area contributed by atoms with E-state index in [1.807, 2.05) is 0 Å². The van der Waals surface area contributed by atoms with Gasteiger partial charge in [0.05, 0.1) is 27.4 Å². The number of carbonyl (C=O) groups excluding carboxylic acids is 2. The molecule has 2 N–H and O–H groups in total. The number of rotatable bonds is 9. The molecule has 0 spiro atoms. The minimum atomic E-state index is -0.612. The monoisotopic (exact) mass is 507 g/mol. The summed E-state index contributed by atoms with van der Waals surface area (Å²) >= 11 is 13.0. The van der Waals surface area contributed by atoms with Crippen LogP contribution in [0.3, 0.4) is 0 Å². The van der Waals surface area contributed by atoms with Crippen molar-refractivity contribution in [2.75, 3.05) is 11.1 Å². The van der Waals surface area contributed by atoms with Crippen LogP contribution in [0.15, 0.2) is 60.3 Å². The fraction of sp³-hybridized carbons (Fsp3) is 0.182. The van der Waals surface area contributed by atoms with E-state index in [-0.39, 0.29) is 17.2 Å². The number of aromatic nitrogens is 3. The van der Waals surface area contributed by atoms with Gasteiger partial charge in [0.25, 0.3) is 5.91 Å². The molecule has 1 unspecified atom stereocenters. The fourth-order valence-corrected chi connectivity index (χ4v) is 3.97. The van der Waals surface area contributed by atoms with E-state index in [9.17, 15) is 14.0 Å². The zero-order valence-corrected chi connectivity index (χ0v) is 19.8. The van der Waals surface area contributed by atoms with Crippen LogP contribution in [0.4, 0.5) is 10.1 Å². The number of allylic oxidation sites excluding steroid dienone is 1. The van der Waals surface area contributed by atoms with Gasteiger partial charge < -0.3 is 15.2 Å². The van der Waals surface area contributed by atoms with Gasteiger partial charge in [-0.15, -0.1) is 16.8 Å². The molecule has 2 aromatic carbocycles. The number of halogens is 3. The van der Waals surface area contributed by atoms with Crippen LogP contribution in [0.1, 0.15) is 29.1 Å². The van der Waals surface area contributed by atoms with Gasteiger partial charge in [-0.25, -0.2) is 4.39 Å². The second-order valence-electron chi connectivity index (χ2n) is 6.88. The summed E-state index contributed by atoms with van der Waals surface area (Å²) in [6, 6.07) is 9.95. The molecule has 172 valence electrons. The first-order valence-corrected chi connectivity index (χ1v) is 11.5. The van der Waals surface area contributed by atoms with Crippen LogP contribution in [0.5, 0.6) is 0 Å². The predicted octanol–water partition coefficient (Wildman–Crippen LogP) is 5.13. The summed E-state index contributed by atoms with van der Waals surface area (Å²) in [4.78, 5) is 24.8. The third-order valence-corrected chi connectivity index (χ3v) is 6.15. The molecule has 1 heterocycles. The van der Waals surface area contributed by atoms with Gasteiger partial charge in [0.15, 0.2) is 11.0 Å². The molecule has 33 heavy (non-hydrogen) atoms. The van der Waals surface area contributed by atoms with Crippen LogP contribution in [-0.4, -0.2) is 32.3 Å². The SMILES string of the molecule is C=CCn1c(SCC(=O)Nc2ccc(Cl)c(Cl)c2)nnc1C(C)NC(=O)c1ccccc1F. The number of thioether (sulfide) groups is 1. The van der Waals surface area contributed by atoms with Crippen molar-refractivity contribution in [1.29, 1.82) is 0 Å². The van der Waals surface area contributed by atoms with Gasteiger partial charge >= 0.3 is 0 Å². The summed E-state index contributed by atoms with van der Waals surface area (Å²) in [6.45, 7) is 5.81. The Morgan fingerprint density at radius 2 is 1.97 bits per heavy atom. The summed E-state index contributed by atoms with van der Waals surface area (Å²) in [5.74, 6) is -0.935. The third-order valence-electron chi connectivity index (χ3n) is 4.45. The lowest BCUT2D eigenvalue weighted by molar-refractivity contribution is -0.113. The lowest BCUT2D eigenvalue weighted by atomic mass is 10.2. The molecule has 0 saturated carbocycles. The maximum atomic E-state index is 13.9. The first-order chi connectivity index (χ1) is 15.8. The van der Waals surface area contributed by atoms with Crippen molar-refractivity contribution in [3.63, 3.8) is 0 Å². The number of benzene rings is 2. The highest BCUT2D eigenvalue weighted by atomic mass is 35.5. The Labute approximate surface area is 204 Å². The molecule has 3 aromatic rings. The molecule has 0 saturated heterocycles. The van der Waals surface area contributed by atoms with E-state index in [4.69, 9.17) is 23.2 Å². The van der Waals surface area contributed by atoms with Crippen molar-refractivity contribution >= 4 is 52.5 Å². The molecule has 11 heteroatoms. The average molecular weight is 508 g/mol. The molecule has 0 bridgehead atoms. The van der Waals surface area contributed by atoms with Crippen molar-refractivity contribution < 1.29 is 14.0 Å². The fourth-order valence-electron chi connectivity index (χ4n) is 2.91. The Bertz CT molecular complexity index is 1190. The summed E-state index contributed by atoms with van der Waals surface area (Å²) in [7, 11) is 0. The summed E-state index contributed by atoms with van der Waals surface area (Å²) < 4.78 is 15.6. The molecule has 0 aliphatic heterocycles. The standard InChI is InChI=1S/C22H20Cl2FN5O2S/c1-3-10-30-20(13(2)26-21(32)15-6-4-5-7-18(15)25)28-29-22(30)33-12-19(31)27-14-8-9-16(23)17(24)11-14/h3-9,11,13H,1,10,12H2,2H3,(H,26,32)(H,27,31). The van der Waals surface area contributed by atoms with Crippen molar-refractivity contribution in [2.24, 2.45) is 0 Å². The molecule has 0 aliphatic rings. The summed E-state index contributed by atoms with van der Waals surface area (Å²) in [6.07, 6.45) is 1.65. The number of carbonyl (C=O) groups is 2. The average Bonchev–Trinajstić information content (AvgIpc) is 3.18. The molecule has 1 atom stereocenters. The highest BCUT2D eigenvalue weighted by Gasteiger charge is 2.21. The second kappa shape index (κ2) is 11.3. The topological polar surface area (TPSA) is 88.9 Å². The predicted molar refractivity (Wildman–Crippen MR) is 128 cm³/mol. The van der Waals surface area contributed by atoms with Gasteiger partial charge in [-0.2, -0.15) is 0 Å². The van der Waals surface area contributed by atoms with Crippen LogP contribution in [0, 0.1) is 5.82 Å². The Balaban J connectivity index is 1.67. The second-order valence-corrected chi connectivity index (χ2v) is 8.64. The van der Waals surface area contributed by atoms with Crippen LogP contribution in [0.25, 0.3) is 0 Å². The maximum Gasteiger partial charge on any atom is 0.254 e. The van der Waals surface area contributed by atoms with E-state index >= 15 is 0 Å². The Morgan fingerprint density at radius 1 is 1.21 bits per heavy atom. The van der Waals surface area contributed by atoms with Crippen molar-refractivity contribution in [1.82, 2.24) is 20.1 Å². The Kier molecular flexibility index (Phi) is 8.49. The molecule has 7 nitrogen and oxygen atoms in total. The van der Waals surface area contributed by atoms with Crippen LogP contribution in [0.2, 0.25) is 10.0 Å². The van der Waals surface area contributed by atoms with E-state index in [2.05, 4.69) is 27.4 Å². The minimum absolute atomic E-state index is 0.0610. The molecule has 0 aliphatic carbocycles. The van der Waals surface area contributed by atoms with E-state index in [0.29, 0.717) is 33.3 Å². The number of nitrogens with zero attached hydrogens (tertiary/aromatic N) is 3. The smallest absolute Gasteiger partial charge is 0.254 e. The van der Waals surface area contributed by atoms with E-state index in [1.165, 1.54) is 30.0 Å². The molecule has 3 rings (SSSR count). The number of anilines is 1. The van der Waals surface area contributed by atoms with Crippen molar-refractivity contribution in [3.8, 4) is 0 Å². The van der Waals surface area contributed by atoms with Crippen LogP contribution >= 0.6 is 35.0 Å². The van der Waals surface area contributed by atoms with Crippen LogP contribution < -0.4 is 10.6 Å². The maximum absolute atomic E-state index is 13.9. The molecular weight excluding hydrogens is 488 g/mol. The van der Waals surface area contributed by atoms with Gasteiger partial charge in [0.1, 0.15) is 5.82 Å². The Morgan fingerprint density at radius 3 is 2.67 bits per heavy atom. The summed E-state index contributed by atoms with van der Waals surface area (Å²) in [5.41, 5.74) is 0.459. The third kappa shape index (κ3) is 6.34. The zero-order chi connectivity index (χ0) is 24.0. The highest BCUT2D eigenvalue weighted by molar-refractivity contribution is 7.99. The number of hydrogen-bond donors (Lipinski definition) is 2. The lowest BCUT2D eigenvalue weighted by Crippen LogP contribution is -2.29. The van der Waals surface area contributed by atoms with Gasteiger partial charge in [-0.3, -0.25) is 9.59 Å². The van der Waals surface area contributed by atoms with Crippen molar-refractivity contribution in [2.45, 2.75) is 24.7 Å². The molecular formula is C22H20Cl2FN5O2S. The quantitative estimate of drug-likeness (QED) is 0.309. The Hall–Kier alpha value is -2.88. The van der Waals surface area contributed by atoms with E-state index < -0.39 is 17.8 Å². The van der Waals surface area contributed by atoms with Crippen LogP contribution in [-0.2, 0) is 11.3 Å². The van der Waals surface area contributed by atoms with E-state index in [1.54, 1.807) is 41.8 Å². The van der Waals surface area contributed by atoms with Gasteiger partial charge in [-0.05, 0) is 37.3 Å². The largest absolute Gasteiger partial charge is 0.342 e. The first-order valence-electron chi connectivity index (χ1n) is 9.77. The molecule has 2 amide bonds. The minimum Gasteiger partial charge on any atom is -0.342 e. The lowest BCUT2D eigenvalue weighted by Gasteiger charge is -2.15. The highest BCUT2D eigenvalue weighted by Crippen LogP contribution is 2.26.